The minimum absolute atomic E-state index is 0.0128. The third kappa shape index (κ3) is 2.85. The van der Waals surface area contributed by atoms with Crippen molar-refractivity contribution in [3.63, 3.8) is 0 Å². The Balaban J connectivity index is 2.75. The molecular weight excluding hydrogens is 176 g/mol. The van der Waals surface area contributed by atoms with Crippen molar-refractivity contribution in [3.8, 4) is 0 Å². The third-order valence-corrected chi connectivity index (χ3v) is 2.00. The molecule has 1 aromatic rings. The topological polar surface area (TPSA) is 41.1 Å². The monoisotopic (exact) mass is 192 g/mol. The largest absolute Gasteiger partial charge is 0.325 e. The fourth-order valence-corrected chi connectivity index (χ4v) is 1.23. The van der Waals surface area contributed by atoms with E-state index >= 15 is 0 Å². The summed E-state index contributed by atoms with van der Waals surface area (Å²) >= 11 is 0. The number of aryl methyl sites for hydroxylation is 2. The molecule has 14 heavy (non-hydrogen) atoms. The van der Waals surface area contributed by atoms with E-state index in [-0.39, 0.29) is 5.91 Å². The molecule has 1 amide bonds. The van der Waals surface area contributed by atoms with E-state index in [1.807, 2.05) is 32.0 Å². The second-order valence-electron chi connectivity index (χ2n) is 3.40. The number of anilines is 1. The Labute approximate surface area is 84.5 Å². The molecule has 76 valence electrons. The molecule has 0 atom stereocenters. The zero-order valence-electron chi connectivity index (χ0n) is 8.85. The van der Waals surface area contributed by atoms with Gasteiger partial charge in [0.05, 0.1) is 6.54 Å². The van der Waals surface area contributed by atoms with Crippen LogP contribution in [0.4, 0.5) is 5.69 Å². The van der Waals surface area contributed by atoms with Crippen LogP contribution in [0.2, 0.25) is 0 Å². The van der Waals surface area contributed by atoms with Gasteiger partial charge < -0.3 is 10.6 Å². The Kier molecular flexibility index (Phi) is 3.65. The maximum Gasteiger partial charge on any atom is 0.238 e. The lowest BCUT2D eigenvalue weighted by Crippen LogP contribution is -2.25. The van der Waals surface area contributed by atoms with E-state index in [1.54, 1.807) is 7.05 Å². The standard InChI is InChI=1S/C11H16N2O/c1-8-4-5-9(2)10(6-8)13-11(14)7-12-3/h4-6,12H,7H2,1-3H3,(H,13,14). The van der Waals surface area contributed by atoms with Crippen LogP contribution in [0.15, 0.2) is 18.2 Å². The van der Waals surface area contributed by atoms with Gasteiger partial charge in [-0.05, 0) is 38.1 Å². The summed E-state index contributed by atoms with van der Waals surface area (Å²) in [5.74, 6) is -0.0128. The van der Waals surface area contributed by atoms with Crippen LogP contribution in [0.25, 0.3) is 0 Å². The Morgan fingerprint density at radius 2 is 2.07 bits per heavy atom. The number of carbonyl (C=O) groups excluding carboxylic acids is 1. The lowest BCUT2D eigenvalue weighted by Gasteiger charge is -2.08. The van der Waals surface area contributed by atoms with Crippen LogP contribution in [0.5, 0.6) is 0 Å². The second kappa shape index (κ2) is 4.77. The van der Waals surface area contributed by atoms with Crippen LogP contribution in [0.3, 0.4) is 0 Å². The summed E-state index contributed by atoms with van der Waals surface area (Å²) in [4.78, 5) is 11.3. The molecule has 0 saturated carbocycles. The highest BCUT2D eigenvalue weighted by Gasteiger charge is 2.02. The van der Waals surface area contributed by atoms with Crippen molar-refractivity contribution in [1.29, 1.82) is 0 Å². The van der Waals surface area contributed by atoms with Crippen LogP contribution in [-0.2, 0) is 4.79 Å². The summed E-state index contributed by atoms with van der Waals surface area (Å²) in [6.45, 7) is 4.33. The van der Waals surface area contributed by atoms with Crippen molar-refractivity contribution in [2.24, 2.45) is 0 Å². The normalized spacial score (nSPS) is 9.93. The zero-order chi connectivity index (χ0) is 10.6. The van der Waals surface area contributed by atoms with Gasteiger partial charge in [0, 0.05) is 5.69 Å². The number of amides is 1. The highest BCUT2D eigenvalue weighted by Crippen LogP contribution is 2.15. The van der Waals surface area contributed by atoms with Crippen LogP contribution >= 0.6 is 0 Å². The summed E-state index contributed by atoms with van der Waals surface area (Å²) in [5, 5.41) is 5.66. The molecule has 0 aliphatic carbocycles. The zero-order valence-corrected chi connectivity index (χ0v) is 8.85. The number of rotatable bonds is 3. The van der Waals surface area contributed by atoms with E-state index in [2.05, 4.69) is 10.6 Å². The molecule has 1 rings (SSSR count). The average Bonchev–Trinajstić information content (AvgIpc) is 2.12. The first kappa shape index (κ1) is 10.7. The molecule has 0 unspecified atom stereocenters. The third-order valence-electron chi connectivity index (χ3n) is 2.00. The molecule has 0 bridgehead atoms. The summed E-state index contributed by atoms with van der Waals surface area (Å²) in [6.07, 6.45) is 0. The highest BCUT2D eigenvalue weighted by atomic mass is 16.1. The number of benzene rings is 1. The number of hydrogen-bond donors (Lipinski definition) is 2. The highest BCUT2D eigenvalue weighted by molar-refractivity contribution is 5.93. The molecule has 0 fully saturated rings. The van der Waals surface area contributed by atoms with Gasteiger partial charge in [0.1, 0.15) is 0 Å². The first-order valence-corrected chi connectivity index (χ1v) is 4.65. The average molecular weight is 192 g/mol. The number of likely N-dealkylation sites (N-methyl/N-ethyl adjacent to an activating group) is 1. The first-order chi connectivity index (χ1) is 6.63. The van der Waals surface area contributed by atoms with E-state index in [0.717, 1.165) is 16.8 Å². The SMILES string of the molecule is CNCC(=O)Nc1cc(C)ccc1C. The van der Waals surface area contributed by atoms with Gasteiger partial charge in [-0.25, -0.2) is 0 Å². The minimum Gasteiger partial charge on any atom is -0.325 e. The van der Waals surface area contributed by atoms with Gasteiger partial charge in [0.15, 0.2) is 0 Å². The van der Waals surface area contributed by atoms with Crippen molar-refractivity contribution < 1.29 is 4.79 Å². The molecule has 0 spiro atoms. The van der Waals surface area contributed by atoms with Gasteiger partial charge in [-0.15, -0.1) is 0 Å². The van der Waals surface area contributed by atoms with Crippen molar-refractivity contribution >= 4 is 11.6 Å². The van der Waals surface area contributed by atoms with Crippen LogP contribution < -0.4 is 10.6 Å². The lowest BCUT2D eigenvalue weighted by atomic mass is 10.1. The van der Waals surface area contributed by atoms with E-state index in [0.29, 0.717) is 6.54 Å². The van der Waals surface area contributed by atoms with Gasteiger partial charge >= 0.3 is 0 Å². The predicted molar refractivity (Wildman–Crippen MR) is 58.5 cm³/mol. The summed E-state index contributed by atoms with van der Waals surface area (Å²) in [6, 6.07) is 6.01. The second-order valence-corrected chi connectivity index (χ2v) is 3.40. The molecule has 2 N–H and O–H groups in total. The molecule has 0 aliphatic heterocycles. The van der Waals surface area contributed by atoms with Gasteiger partial charge in [0.2, 0.25) is 5.91 Å². The van der Waals surface area contributed by atoms with Crippen molar-refractivity contribution in [2.75, 3.05) is 18.9 Å². The fourth-order valence-electron chi connectivity index (χ4n) is 1.23. The summed E-state index contributed by atoms with van der Waals surface area (Å²) in [5.41, 5.74) is 3.13. The van der Waals surface area contributed by atoms with E-state index in [4.69, 9.17) is 0 Å². The predicted octanol–water partition coefficient (Wildman–Crippen LogP) is 1.46. The minimum atomic E-state index is -0.0128. The van der Waals surface area contributed by atoms with Crippen molar-refractivity contribution in [1.82, 2.24) is 5.32 Å². The van der Waals surface area contributed by atoms with Gasteiger partial charge in [-0.1, -0.05) is 12.1 Å². The molecule has 3 heteroatoms. The first-order valence-electron chi connectivity index (χ1n) is 4.65. The van der Waals surface area contributed by atoms with Crippen LogP contribution in [0, 0.1) is 13.8 Å². The molecule has 0 aliphatic rings. The van der Waals surface area contributed by atoms with Gasteiger partial charge in [-0.2, -0.15) is 0 Å². The Morgan fingerprint density at radius 1 is 1.36 bits per heavy atom. The van der Waals surface area contributed by atoms with Crippen molar-refractivity contribution in [2.45, 2.75) is 13.8 Å². The Bertz CT molecular complexity index is 334. The Hall–Kier alpha value is -1.35. The summed E-state index contributed by atoms with van der Waals surface area (Å²) in [7, 11) is 1.75. The van der Waals surface area contributed by atoms with Crippen LogP contribution in [0.1, 0.15) is 11.1 Å². The van der Waals surface area contributed by atoms with Gasteiger partial charge in [0.25, 0.3) is 0 Å². The van der Waals surface area contributed by atoms with E-state index < -0.39 is 0 Å². The maximum atomic E-state index is 11.3. The fraction of sp³-hybridized carbons (Fsp3) is 0.364. The molecule has 3 nitrogen and oxygen atoms in total. The molecule has 0 heterocycles. The van der Waals surface area contributed by atoms with E-state index in [9.17, 15) is 4.79 Å². The van der Waals surface area contributed by atoms with Crippen molar-refractivity contribution in [3.05, 3.63) is 29.3 Å². The Morgan fingerprint density at radius 3 is 2.71 bits per heavy atom. The smallest absolute Gasteiger partial charge is 0.238 e. The molecule has 0 radical (unpaired) electrons. The maximum absolute atomic E-state index is 11.3. The quantitative estimate of drug-likeness (QED) is 0.761. The van der Waals surface area contributed by atoms with E-state index in [1.165, 1.54) is 0 Å². The lowest BCUT2D eigenvalue weighted by molar-refractivity contribution is -0.115. The molecule has 0 aromatic heterocycles. The molecule has 1 aromatic carbocycles. The molecular formula is C11H16N2O. The molecule has 0 saturated heterocycles. The van der Waals surface area contributed by atoms with Gasteiger partial charge in [-0.3, -0.25) is 4.79 Å². The number of nitrogens with one attached hydrogen (secondary N) is 2. The number of carbonyl (C=O) groups is 1. The summed E-state index contributed by atoms with van der Waals surface area (Å²) < 4.78 is 0. The number of hydrogen-bond acceptors (Lipinski definition) is 2. The van der Waals surface area contributed by atoms with Crippen LogP contribution in [-0.4, -0.2) is 19.5 Å².